The van der Waals surface area contributed by atoms with Gasteiger partial charge in [0, 0.05) is 30.7 Å². The van der Waals surface area contributed by atoms with Crippen LogP contribution in [-0.2, 0) is 20.0 Å². The number of imidazole rings is 2. The minimum atomic E-state index is -0.352. The van der Waals surface area contributed by atoms with E-state index in [1.807, 2.05) is 83.5 Å². The monoisotopic (exact) mass is 413 g/mol. The molecule has 0 saturated carbocycles. The summed E-state index contributed by atoms with van der Waals surface area (Å²) < 4.78 is 6.68. The van der Waals surface area contributed by atoms with Gasteiger partial charge in [0.25, 0.3) is 5.56 Å². The Morgan fingerprint density at radius 3 is 2.19 bits per heavy atom. The molecule has 7 nitrogen and oxygen atoms in total. The molecule has 2 aromatic carbocycles. The lowest BCUT2D eigenvalue weighted by molar-refractivity contribution is 0.602. The molecule has 0 saturated heterocycles. The van der Waals surface area contributed by atoms with Crippen LogP contribution in [0.1, 0.15) is 17.0 Å². The molecule has 5 rings (SSSR count). The van der Waals surface area contributed by atoms with Gasteiger partial charge in [-0.1, -0.05) is 48.5 Å². The fourth-order valence-corrected chi connectivity index (χ4v) is 4.22. The molecule has 0 spiro atoms. The van der Waals surface area contributed by atoms with E-state index in [0.29, 0.717) is 29.9 Å². The van der Waals surface area contributed by atoms with E-state index in [-0.39, 0.29) is 11.2 Å². The summed E-state index contributed by atoms with van der Waals surface area (Å²) in [5, 5.41) is 0. The van der Waals surface area contributed by atoms with E-state index in [1.54, 1.807) is 7.05 Å². The first-order valence-corrected chi connectivity index (χ1v) is 10.3. The fraction of sp³-hybridized carbons (Fsp3) is 0.208. The number of rotatable bonds is 4. The quantitative estimate of drug-likeness (QED) is 0.455. The number of hydrogen-bond donors (Lipinski definition) is 0. The van der Waals surface area contributed by atoms with Gasteiger partial charge in [-0.05, 0) is 38.0 Å². The highest BCUT2D eigenvalue weighted by molar-refractivity contribution is 5.77. The van der Waals surface area contributed by atoms with Gasteiger partial charge in [0.2, 0.25) is 5.78 Å². The lowest BCUT2D eigenvalue weighted by Gasteiger charge is -2.09. The molecule has 0 fully saturated rings. The average Bonchev–Trinajstić information content (AvgIpc) is 3.29. The van der Waals surface area contributed by atoms with Crippen molar-refractivity contribution in [1.82, 2.24) is 23.1 Å². The first kappa shape index (κ1) is 19.1. The van der Waals surface area contributed by atoms with Crippen LogP contribution in [-0.4, -0.2) is 23.1 Å². The molecular formula is C24H23N5O2. The number of aryl methyl sites for hydroxylation is 3. The molecule has 3 aromatic heterocycles. The normalized spacial score (nSPS) is 11.6. The Morgan fingerprint density at radius 2 is 1.52 bits per heavy atom. The SMILES string of the molecule is Cc1c(C)n2c3c(=O)n(CCc4ccccc4)c(=O)n(C)c3nc2n1-c1ccccc1. The van der Waals surface area contributed by atoms with Crippen LogP contribution < -0.4 is 11.2 Å². The van der Waals surface area contributed by atoms with Crippen molar-refractivity contribution in [1.29, 1.82) is 0 Å². The van der Waals surface area contributed by atoms with E-state index in [0.717, 1.165) is 22.6 Å². The van der Waals surface area contributed by atoms with E-state index in [9.17, 15) is 9.59 Å². The van der Waals surface area contributed by atoms with E-state index in [4.69, 9.17) is 4.98 Å². The Labute approximate surface area is 178 Å². The summed E-state index contributed by atoms with van der Waals surface area (Å²) in [7, 11) is 1.67. The molecule has 0 bridgehead atoms. The van der Waals surface area contributed by atoms with E-state index in [1.165, 1.54) is 9.13 Å². The standard InChI is InChI=1S/C24H23N5O2/c1-16-17(2)29-20-21(25-23(29)28(16)19-12-8-5-9-13-19)26(3)24(31)27(22(20)30)15-14-18-10-6-4-7-11-18/h4-13H,14-15H2,1-3H3. The van der Waals surface area contributed by atoms with Crippen molar-refractivity contribution < 1.29 is 0 Å². The molecule has 156 valence electrons. The number of aromatic nitrogens is 5. The number of fused-ring (bicyclic) bond motifs is 3. The zero-order valence-electron chi connectivity index (χ0n) is 17.7. The molecule has 31 heavy (non-hydrogen) atoms. The van der Waals surface area contributed by atoms with Crippen LogP contribution in [0.25, 0.3) is 22.6 Å². The van der Waals surface area contributed by atoms with Crippen molar-refractivity contribution in [3.8, 4) is 5.69 Å². The zero-order valence-corrected chi connectivity index (χ0v) is 17.7. The van der Waals surface area contributed by atoms with Crippen molar-refractivity contribution in [3.63, 3.8) is 0 Å². The number of hydrogen-bond acceptors (Lipinski definition) is 3. The van der Waals surface area contributed by atoms with Gasteiger partial charge in [-0.15, -0.1) is 0 Å². The first-order valence-electron chi connectivity index (χ1n) is 10.3. The maximum Gasteiger partial charge on any atom is 0.332 e. The molecule has 5 aromatic rings. The second-order valence-electron chi connectivity index (χ2n) is 7.80. The number of benzene rings is 2. The molecule has 7 heteroatoms. The summed E-state index contributed by atoms with van der Waals surface area (Å²) in [5.41, 5.74) is 4.13. The van der Waals surface area contributed by atoms with Crippen molar-refractivity contribution in [2.45, 2.75) is 26.8 Å². The molecule has 0 amide bonds. The van der Waals surface area contributed by atoms with Crippen LogP contribution in [0.5, 0.6) is 0 Å². The van der Waals surface area contributed by atoms with Crippen LogP contribution in [0, 0.1) is 13.8 Å². The van der Waals surface area contributed by atoms with E-state index >= 15 is 0 Å². The van der Waals surface area contributed by atoms with Gasteiger partial charge in [0.05, 0.1) is 0 Å². The van der Waals surface area contributed by atoms with Gasteiger partial charge in [-0.2, -0.15) is 4.98 Å². The van der Waals surface area contributed by atoms with Crippen LogP contribution in [0.2, 0.25) is 0 Å². The van der Waals surface area contributed by atoms with Crippen LogP contribution >= 0.6 is 0 Å². The van der Waals surface area contributed by atoms with E-state index in [2.05, 4.69) is 0 Å². The Bertz CT molecular complexity index is 1540. The summed E-state index contributed by atoms with van der Waals surface area (Å²) in [5.74, 6) is 0.629. The summed E-state index contributed by atoms with van der Waals surface area (Å²) in [6.45, 7) is 4.30. The van der Waals surface area contributed by atoms with Crippen LogP contribution in [0.3, 0.4) is 0 Å². The van der Waals surface area contributed by atoms with Crippen molar-refractivity contribution in [2.75, 3.05) is 0 Å². The molecule has 0 unspecified atom stereocenters. The van der Waals surface area contributed by atoms with Gasteiger partial charge in [0.15, 0.2) is 11.2 Å². The summed E-state index contributed by atoms with van der Waals surface area (Å²) >= 11 is 0. The lowest BCUT2D eigenvalue weighted by atomic mass is 10.1. The van der Waals surface area contributed by atoms with Gasteiger partial charge in [-0.25, -0.2) is 4.79 Å². The Balaban J connectivity index is 1.77. The molecular weight excluding hydrogens is 390 g/mol. The second-order valence-corrected chi connectivity index (χ2v) is 7.80. The highest BCUT2D eigenvalue weighted by Gasteiger charge is 2.23. The molecule has 3 heterocycles. The minimum absolute atomic E-state index is 0.310. The van der Waals surface area contributed by atoms with Gasteiger partial charge in [0.1, 0.15) is 0 Å². The second kappa shape index (κ2) is 7.12. The van der Waals surface area contributed by atoms with Crippen molar-refractivity contribution in [2.24, 2.45) is 7.05 Å². The topological polar surface area (TPSA) is 66.2 Å². The van der Waals surface area contributed by atoms with Crippen molar-refractivity contribution in [3.05, 3.63) is 98.5 Å². The number of para-hydroxylation sites is 1. The predicted octanol–water partition coefficient (Wildman–Crippen LogP) is 3.00. The lowest BCUT2D eigenvalue weighted by Crippen LogP contribution is -2.39. The highest BCUT2D eigenvalue weighted by Crippen LogP contribution is 2.24. The van der Waals surface area contributed by atoms with Gasteiger partial charge < -0.3 is 0 Å². The average molecular weight is 413 g/mol. The summed E-state index contributed by atoms with van der Waals surface area (Å²) in [6, 6.07) is 19.8. The third kappa shape index (κ3) is 2.84. The maximum absolute atomic E-state index is 13.5. The molecule has 0 N–H and O–H groups in total. The van der Waals surface area contributed by atoms with Gasteiger partial charge in [-0.3, -0.25) is 22.9 Å². The largest absolute Gasteiger partial charge is 0.332 e. The van der Waals surface area contributed by atoms with E-state index < -0.39 is 0 Å². The predicted molar refractivity (Wildman–Crippen MR) is 121 cm³/mol. The fourth-order valence-electron chi connectivity index (χ4n) is 4.22. The zero-order chi connectivity index (χ0) is 21.7. The van der Waals surface area contributed by atoms with Gasteiger partial charge >= 0.3 is 5.69 Å². The Hall–Kier alpha value is -3.87. The highest BCUT2D eigenvalue weighted by atomic mass is 16.2. The van der Waals surface area contributed by atoms with Crippen LogP contribution in [0.15, 0.2) is 70.3 Å². The Kier molecular flexibility index (Phi) is 4.39. The summed E-state index contributed by atoms with van der Waals surface area (Å²) in [6.07, 6.45) is 0.604. The maximum atomic E-state index is 13.5. The molecule has 0 radical (unpaired) electrons. The smallest absolute Gasteiger partial charge is 0.283 e. The molecule has 0 aliphatic carbocycles. The number of nitrogens with zero attached hydrogens (tertiary/aromatic N) is 5. The molecule has 0 atom stereocenters. The third-order valence-electron chi connectivity index (χ3n) is 6.00. The van der Waals surface area contributed by atoms with Crippen molar-refractivity contribution >= 4 is 16.9 Å². The summed E-state index contributed by atoms with van der Waals surface area (Å²) in [4.78, 5) is 31.2. The minimum Gasteiger partial charge on any atom is -0.283 e. The third-order valence-corrected chi connectivity index (χ3v) is 6.00. The van der Waals surface area contributed by atoms with Crippen LogP contribution in [0.4, 0.5) is 0 Å². The first-order chi connectivity index (χ1) is 15.0. The molecule has 0 aliphatic rings. The molecule has 0 aliphatic heterocycles. The Morgan fingerprint density at radius 1 is 0.871 bits per heavy atom.